The molecule has 0 bridgehead atoms. The van der Waals surface area contributed by atoms with Crippen LogP contribution in [0.1, 0.15) is 19.4 Å². The third-order valence-electron chi connectivity index (χ3n) is 3.67. The van der Waals surface area contributed by atoms with Crippen molar-refractivity contribution >= 4 is 39.6 Å². The lowest BCUT2D eigenvalue weighted by Crippen LogP contribution is -2.20. The summed E-state index contributed by atoms with van der Waals surface area (Å²) in [5, 5.41) is 11.9. The zero-order valence-electron chi connectivity index (χ0n) is 16.8. The fourth-order valence-electron chi connectivity index (χ4n) is 2.35. The molecule has 1 N–H and O–H groups in total. The van der Waals surface area contributed by atoms with Gasteiger partial charge in [0.15, 0.2) is 18.1 Å². The van der Waals surface area contributed by atoms with Gasteiger partial charge in [-0.25, -0.2) is 4.79 Å². The zero-order chi connectivity index (χ0) is 22.1. The molecule has 0 atom stereocenters. The lowest BCUT2D eigenvalue weighted by atomic mass is 10.1. The molecule has 2 aromatic rings. The third kappa shape index (κ3) is 6.94. The van der Waals surface area contributed by atoms with E-state index in [1.807, 2.05) is 18.2 Å². The number of ether oxygens (including phenoxy) is 3. The Morgan fingerprint density at radius 3 is 2.47 bits per heavy atom. The first-order valence-electron chi connectivity index (χ1n) is 9.01. The van der Waals surface area contributed by atoms with E-state index in [0.29, 0.717) is 22.7 Å². The number of nitriles is 1. The Hall–Kier alpha value is -3.31. The third-order valence-corrected chi connectivity index (χ3v) is 4.20. The number of anilines is 1. The van der Waals surface area contributed by atoms with E-state index in [4.69, 9.17) is 14.2 Å². The van der Waals surface area contributed by atoms with E-state index in [-0.39, 0.29) is 24.2 Å². The minimum Gasteiger partial charge on any atom is -0.493 e. The van der Waals surface area contributed by atoms with E-state index >= 15 is 0 Å². The highest BCUT2D eigenvalue weighted by molar-refractivity contribution is 9.10. The van der Waals surface area contributed by atoms with Crippen molar-refractivity contribution < 1.29 is 23.8 Å². The van der Waals surface area contributed by atoms with Gasteiger partial charge in [0.05, 0.1) is 13.2 Å². The standard InChI is InChI=1S/C22H21BrN2O5/c1-14(2)30-22(27)16(12-24)10-15-4-9-19(20(11-15)28-3)29-13-21(26)25-18-7-5-17(23)6-8-18/h4-11,14H,13H2,1-3H3,(H,25,26)/b16-10+. The first kappa shape index (κ1) is 23.0. The number of esters is 1. The molecule has 2 rings (SSSR count). The summed E-state index contributed by atoms with van der Waals surface area (Å²) >= 11 is 3.33. The van der Waals surface area contributed by atoms with Gasteiger partial charge in [-0.05, 0) is 61.9 Å². The molecule has 8 heteroatoms. The molecule has 0 unspecified atom stereocenters. The van der Waals surface area contributed by atoms with Gasteiger partial charge in [-0.1, -0.05) is 22.0 Å². The van der Waals surface area contributed by atoms with Gasteiger partial charge in [-0.3, -0.25) is 4.79 Å². The second-order valence-electron chi connectivity index (χ2n) is 6.38. The summed E-state index contributed by atoms with van der Waals surface area (Å²) in [4.78, 5) is 24.0. The largest absolute Gasteiger partial charge is 0.493 e. The fraction of sp³-hybridized carbons (Fsp3) is 0.227. The summed E-state index contributed by atoms with van der Waals surface area (Å²) < 4.78 is 16.8. The number of carbonyl (C=O) groups is 2. The van der Waals surface area contributed by atoms with E-state index in [9.17, 15) is 14.9 Å². The lowest BCUT2D eigenvalue weighted by molar-refractivity contribution is -0.142. The summed E-state index contributed by atoms with van der Waals surface area (Å²) in [6.45, 7) is 3.19. The fourth-order valence-corrected chi connectivity index (χ4v) is 2.61. The molecular weight excluding hydrogens is 452 g/mol. The smallest absolute Gasteiger partial charge is 0.349 e. The normalized spacial score (nSPS) is 10.9. The Morgan fingerprint density at radius 2 is 1.87 bits per heavy atom. The molecule has 156 valence electrons. The molecule has 0 saturated carbocycles. The molecule has 1 amide bonds. The number of carbonyl (C=O) groups excluding carboxylic acids is 2. The summed E-state index contributed by atoms with van der Waals surface area (Å²) in [6.07, 6.45) is 1.07. The predicted octanol–water partition coefficient (Wildman–Crippen LogP) is 4.33. The van der Waals surface area contributed by atoms with Crippen molar-refractivity contribution in [1.29, 1.82) is 5.26 Å². The molecule has 0 radical (unpaired) electrons. The van der Waals surface area contributed by atoms with Crippen LogP contribution in [-0.2, 0) is 14.3 Å². The second kappa shape index (κ2) is 11.0. The van der Waals surface area contributed by atoms with Gasteiger partial charge in [0.2, 0.25) is 0 Å². The van der Waals surface area contributed by atoms with Crippen LogP contribution in [0, 0.1) is 11.3 Å². The number of nitrogens with one attached hydrogen (secondary N) is 1. The first-order chi connectivity index (χ1) is 14.3. The maximum Gasteiger partial charge on any atom is 0.349 e. The number of rotatable bonds is 8. The van der Waals surface area contributed by atoms with E-state index < -0.39 is 5.97 Å². The number of hydrogen-bond donors (Lipinski definition) is 1. The summed E-state index contributed by atoms with van der Waals surface area (Å²) in [7, 11) is 1.45. The van der Waals surface area contributed by atoms with Crippen LogP contribution >= 0.6 is 15.9 Å². The molecular formula is C22H21BrN2O5. The molecule has 2 aromatic carbocycles. The van der Waals surface area contributed by atoms with Gasteiger partial charge in [0.25, 0.3) is 5.91 Å². The lowest BCUT2D eigenvalue weighted by Gasteiger charge is -2.12. The molecule has 0 heterocycles. The van der Waals surface area contributed by atoms with Crippen molar-refractivity contribution in [3.63, 3.8) is 0 Å². The van der Waals surface area contributed by atoms with Crippen LogP contribution in [0.15, 0.2) is 52.5 Å². The van der Waals surface area contributed by atoms with Crippen LogP contribution in [0.2, 0.25) is 0 Å². The molecule has 0 aliphatic heterocycles. The van der Waals surface area contributed by atoms with Gasteiger partial charge in [-0.2, -0.15) is 5.26 Å². The Balaban J connectivity index is 2.07. The maximum atomic E-state index is 12.1. The van der Waals surface area contributed by atoms with E-state index in [1.165, 1.54) is 13.2 Å². The Kier molecular flexibility index (Phi) is 8.44. The number of hydrogen-bond acceptors (Lipinski definition) is 6. The Morgan fingerprint density at radius 1 is 1.17 bits per heavy atom. The molecule has 0 aliphatic carbocycles. The highest BCUT2D eigenvalue weighted by atomic mass is 79.9. The Labute approximate surface area is 183 Å². The highest BCUT2D eigenvalue weighted by Gasteiger charge is 2.14. The molecule has 30 heavy (non-hydrogen) atoms. The average molecular weight is 473 g/mol. The van der Waals surface area contributed by atoms with Crippen molar-refractivity contribution in [2.24, 2.45) is 0 Å². The maximum absolute atomic E-state index is 12.1. The van der Waals surface area contributed by atoms with Crippen LogP contribution in [-0.4, -0.2) is 31.7 Å². The van der Waals surface area contributed by atoms with Gasteiger partial charge in [0, 0.05) is 10.2 Å². The minimum atomic E-state index is -0.698. The van der Waals surface area contributed by atoms with Crippen molar-refractivity contribution in [2.75, 3.05) is 19.0 Å². The highest BCUT2D eigenvalue weighted by Crippen LogP contribution is 2.29. The topological polar surface area (TPSA) is 97.7 Å². The monoisotopic (exact) mass is 472 g/mol. The van der Waals surface area contributed by atoms with Gasteiger partial charge < -0.3 is 19.5 Å². The number of methoxy groups -OCH3 is 1. The quantitative estimate of drug-likeness (QED) is 0.348. The number of amides is 1. The second-order valence-corrected chi connectivity index (χ2v) is 7.29. The van der Waals surface area contributed by atoms with Crippen LogP contribution < -0.4 is 14.8 Å². The molecule has 0 saturated heterocycles. The summed E-state index contributed by atoms with van der Waals surface area (Å²) in [5.74, 6) is -0.318. The van der Waals surface area contributed by atoms with Gasteiger partial charge >= 0.3 is 5.97 Å². The number of halogens is 1. The average Bonchev–Trinajstić information content (AvgIpc) is 2.71. The first-order valence-corrected chi connectivity index (χ1v) is 9.80. The van der Waals surface area contributed by atoms with Crippen LogP contribution in [0.3, 0.4) is 0 Å². The molecule has 0 aromatic heterocycles. The van der Waals surface area contributed by atoms with Crippen molar-refractivity contribution in [3.8, 4) is 17.6 Å². The van der Waals surface area contributed by atoms with E-state index in [2.05, 4.69) is 21.2 Å². The van der Waals surface area contributed by atoms with Crippen LogP contribution in [0.4, 0.5) is 5.69 Å². The summed E-state index contributed by atoms with van der Waals surface area (Å²) in [6, 6.07) is 13.8. The Bertz CT molecular complexity index is 978. The van der Waals surface area contributed by atoms with Crippen molar-refractivity contribution in [2.45, 2.75) is 20.0 Å². The van der Waals surface area contributed by atoms with Crippen molar-refractivity contribution in [3.05, 3.63) is 58.1 Å². The predicted molar refractivity (Wildman–Crippen MR) is 116 cm³/mol. The van der Waals surface area contributed by atoms with Gasteiger partial charge in [0.1, 0.15) is 11.6 Å². The van der Waals surface area contributed by atoms with Crippen LogP contribution in [0.25, 0.3) is 6.08 Å². The molecule has 0 fully saturated rings. The number of nitrogens with zero attached hydrogens (tertiary/aromatic N) is 1. The molecule has 7 nitrogen and oxygen atoms in total. The zero-order valence-corrected chi connectivity index (χ0v) is 18.4. The van der Waals surface area contributed by atoms with E-state index in [0.717, 1.165) is 4.47 Å². The van der Waals surface area contributed by atoms with E-state index in [1.54, 1.807) is 44.2 Å². The van der Waals surface area contributed by atoms with Crippen LogP contribution in [0.5, 0.6) is 11.5 Å². The summed E-state index contributed by atoms with van der Waals surface area (Å²) in [5.41, 5.74) is 1.07. The molecule has 0 spiro atoms. The SMILES string of the molecule is COc1cc(/C=C(\C#N)C(=O)OC(C)C)ccc1OCC(=O)Nc1ccc(Br)cc1. The molecule has 0 aliphatic rings. The van der Waals surface area contributed by atoms with Crippen molar-refractivity contribution in [1.82, 2.24) is 0 Å². The number of benzene rings is 2. The minimum absolute atomic E-state index is 0.131. The van der Waals surface area contributed by atoms with Gasteiger partial charge in [-0.15, -0.1) is 0 Å².